The van der Waals surface area contributed by atoms with E-state index < -0.39 is 5.63 Å². The summed E-state index contributed by atoms with van der Waals surface area (Å²) in [4.78, 5) is 24.2. The quantitative estimate of drug-likeness (QED) is 0.680. The molecule has 3 aromatic rings. The maximum atomic E-state index is 12.6. The Morgan fingerprint density at radius 1 is 1.21 bits per heavy atom. The van der Waals surface area contributed by atoms with Crippen molar-refractivity contribution < 1.29 is 18.7 Å². The summed E-state index contributed by atoms with van der Waals surface area (Å²) in [7, 11) is 0. The second-order valence-corrected chi connectivity index (χ2v) is 6.89. The molecular weight excluding hydrogens is 358 g/mol. The Hall–Kier alpha value is -3.12. The summed E-state index contributed by atoms with van der Waals surface area (Å²) in [5, 5.41) is 3.67. The average molecular weight is 379 g/mol. The van der Waals surface area contributed by atoms with Crippen LogP contribution in [0.4, 0.5) is 5.69 Å². The number of amides is 1. The Kier molecular flexibility index (Phi) is 5.12. The molecule has 1 aliphatic rings. The van der Waals surface area contributed by atoms with Crippen LogP contribution in [0.1, 0.15) is 28.8 Å². The molecular formula is C22H21NO5. The van der Waals surface area contributed by atoms with Gasteiger partial charge in [-0.1, -0.05) is 6.07 Å². The third-order valence-corrected chi connectivity index (χ3v) is 4.77. The van der Waals surface area contributed by atoms with Gasteiger partial charge >= 0.3 is 5.63 Å². The molecule has 2 aromatic carbocycles. The van der Waals surface area contributed by atoms with E-state index in [0.29, 0.717) is 29.2 Å². The number of aryl methyl sites for hydroxylation is 1. The highest BCUT2D eigenvalue weighted by atomic mass is 16.5. The van der Waals surface area contributed by atoms with Crippen molar-refractivity contribution >= 4 is 22.6 Å². The fourth-order valence-corrected chi connectivity index (χ4v) is 3.30. The zero-order valence-corrected chi connectivity index (χ0v) is 15.6. The van der Waals surface area contributed by atoms with Gasteiger partial charge in [-0.15, -0.1) is 0 Å². The van der Waals surface area contributed by atoms with Crippen LogP contribution in [0.15, 0.2) is 57.7 Å². The standard InChI is InChI=1S/C22H21NO5/c1-14-10-21(24)28-20-12-16(7-8-19(14)20)23-22(25)15-4-2-5-17(11-15)27-13-18-6-3-9-26-18/h2,4-5,7-8,10-12,18H,3,6,9,13H2,1H3,(H,23,25). The summed E-state index contributed by atoms with van der Waals surface area (Å²) in [6.45, 7) is 3.11. The van der Waals surface area contributed by atoms with Gasteiger partial charge in [0.2, 0.25) is 0 Å². The van der Waals surface area contributed by atoms with E-state index in [2.05, 4.69) is 5.32 Å². The van der Waals surface area contributed by atoms with Crippen molar-refractivity contribution in [2.75, 3.05) is 18.5 Å². The molecule has 6 heteroatoms. The third kappa shape index (κ3) is 4.07. The second kappa shape index (κ2) is 7.86. The summed E-state index contributed by atoms with van der Waals surface area (Å²) in [5.41, 5.74) is 1.90. The lowest BCUT2D eigenvalue weighted by molar-refractivity contribution is 0.0679. The first kappa shape index (κ1) is 18.3. The topological polar surface area (TPSA) is 77.8 Å². The van der Waals surface area contributed by atoms with E-state index in [1.165, 1.54) is 6.07 Å². The Bertz CT molecular complexity index is 1070. The van der Waals surface area contributed by atoms with Crippen LogP contribution in [0.3, 0.4) is 0 Å². The molecule has 0 aliphatic carbocycles. The normalized spacial score (nSPS) is 16.2. The monoisotopic (exact) mass is 379 g/mol. The number of carbonyl (C=O) groups is 1. The van der Waals surface area contributed by atoms with E-state index in [1.54, 1.807) is 30.3 Å². The van der Waals surface area contributed by atoms with Crippen molar-refractivity contribution in [1.82, 2.24) is 0 Å². The number of hydrogen-bond acceptors (Lipinski definition) is 5. The molecule has 1 saturated heterocycles. The van der Waals surface area contributed by atoms with Gasteiger partial charge in [0.25, 0.3) is 5.91 Å². The van der Waals surface area contributed by atoms with Gasteiger partial charge in [0.1, 0.15) is 17.9 Å². The maximum Gasteiger partial charge on any atom is 0.336 e. The van der Waals surface area contributed by atoms with Crippen LogP contribution < -0.4 is 15.7 Å². The van der Waals surface area contributed by atoms with Gasteiger partial charge in [0.05, 0.1) is 6.10 Å². The highest BCUT2D eigenvalue weighted by Crippen LogP contribution is 2.22. The minimum absolute atomic E-state index is 0.119. The van der Waals surface area contributed by atoms with Crippen LogP contribution in [0.25, 0.3) is 11.0 Å². The molecule has 1 aliphatic heterocycles. The van der Waals surface area contributed by atoms with Crippen molar-refractivity contribution in [3.63, 3.8) is 0 Å². The number of carbonyl (C=O) groups excluding carboxylic acids is 1. The number of fused-ring (bicyclic) bond motifs is 1. The Morgan fingerprint density at radius 2 is 2.11 bits per heavy atom. The van der Waals surface area contributed by atoms with Gasteiger partial charge in [0.15, 0.2) is 0 Å². The van der Waals surface area contributed by atoms with Crippen LogP contribution in [0, 0.1) is 6.92 Å². The number of rotatable bonds is 5. The molecule has 1 aromatic heterocycles. The highest BCUT2D eigenvalue weighted by molar-refractivity contribution is 6.05. The molecule has 2 heterocycles. The predicted octanol–water partition coefficient (Wildman–Crippen LogP) is 3.91. The molecule has 6 nitrogen and oxygen atoms in total. The summed E-state index contributed by atoms with van der Waals surface area (Å²) in [6.07, 6.45) is 2.17. The molecule has 0 radical (unpaired) electrons. The lowest BCUT2D eigenvalue weighted by Gasteiger charge is -2.12. The number of benzene rings is 2. The minimum atomic E-state index is -0.412. The van der Waals surface area contributed by atoms with Crippen molar-refractivity contribution in [3.8, 4) is 5.75 Å². The molecule has 1 amide bonds. The number of nitrogens with one attached hydrogen (secondary N) is 1. The molecule has 1 unspecified atom stereocenters. The van der Waals surface area contributed by atoms with Crippen LogP contribution in [-0.2, 0) is 4.74 Å². The molecule has 1 N–H and O–H groups in total. The Labute approximate surface area is 162 Å². The van der Waals surface area contributed by atoms with Crippen molar-refractivity contribution in [3.05, 3.63) is 70.1 Å². The smallest absolute Gasteiger partial charge is 0.336 e. The summed E-state index contributed by atoms with van der Waals surface area (Å²) in [6, 6.07) is 13.7. The molecule has 1 fully saturated rings. The lowest BCUT2D eigenvalue weighted by Crippen LogP contribution is -2.17. The van der Waals surface area contributed by atoms with Gasteiger partial charge in [-0.05, 0) is 55.7 Å². The van der Waals surface area contributed by atoms with E-state index >= 15 is 0 Å². The molecule has 0 saturated carbocycles. The molecule has 28 heavy (non-hydrogen) atoms. The SMILES string of the molecule is Cc1cc(=O)oc2cc(NC(=O)c3cccc(OCC4CCCO4)c3)ccc12. The van der Waals surface area contributed by atoms with Gasteiger partial charge in [-0.2, -0.15) is 0 Å². The average Bonchev–Trinajstić information content (AvgIpc) is 3.20. The van der Waals surface area contributed by atoms with Gasteiger partial charge in [-0.3, -0.25) is 4.79 Å². The van der Waals surface area contributed by atoms with Gasteiger partial charge in [-0.25, -0.2) is 4.79 Å². The fraction of sp³-hybridized carbons (Fsp3) is 0.273. The molecule has 4 rings (SSSR count). The first-order valence-electron chi connectivity index (χ1n) is 9.29. The maximum absolute atomic E-state index is 12.6. The molecule has 0 spiro atoms. The number of hydrogen-bond donors (Lipinski definition) is 1. The molecule has 144 valence electrons. The van der Waals surface area contributed by atoms with E-state index in [9.17, 15) is 9.59 Å². The summed E-state index contributed by atoms with van der Waals surface area (Å²) in [5.74, 6) is 0.361. The fourth-order valence-electron chi connectivity index (χ4n) is 3.30. The minimum Gasteiger partial charge on any atom is -0.491 e. The van der Waals surface area contributed by atoms with Gasteiger partial charge < -0.3 is 19.2 Å². The predicted molar refractivity (Wildman–Crippen MR) is 106 cm³/mol. The second-order valence-electron chi connectivity index (χ2n) is 6.89. The zero-order valence-electron chi connectivity index (χ0n) is 15.6. The first-order chi connectivity index (χ1) is 13.6. The summed E-state index contributed by atoms with van der Waals surface area (Å²) >= 11 is 0. The lowest BCUT2D eigenvalue weighted by atomic mass is 10.1. The van der Waals surface area contributed by atoms with E-state index in [0.717, 1.165) is 30.4 Å². The van der Waals surface area contributed by atoms with E-state index in [1.807, 2.05) is 19.1 Å². The van der Waals surface area contributed by atoms with Crippen molar-refractivity contribution in [2.45, 2.75) is 25.9 Å². The van der Waals surface area contributed by atoms with Gasteiger partial charge in [0, 0.05) is 35.4 Å². The van der Waals surface area contributed by atoms with Crippen LogP contribution in [0.5, 0.6) is 5.75 Å². The zero-order chi connectivity index (χ0) is 19.5. The Balaban J connectivity index is 1.48. The highest BCUT2D eigenvalue weighted by Gasteiger charge is 2.16. The van der Waals surface area contributed by atoms with Crippen LogP contribution in [-0.4, -0.2) is 25.2 Å². The first-order valence-corrected chi connectivity index (χ1v) is 9.29. The van der Waals surface area contributed by atoms with Crippen LogP contribution >= 0.6 is 0 Å². The number of ether oxygens (including phenoxy) is 2. The Morgan fingerprint density at radius 3 is 2.93 bits per heavy atom. The van der Waals surface area contributed by atoms with E-state index in [4.69, 9.17) is 13.9 Å². The van der Waals surface area contributed by atoms with Crippen LogP contribution in [0.2, 0.25) is 0 Å². The summed E-state index contributed by atoms with van der Waals surface area (Å²) < 4.78 is 16.5. The molecule has 1 atom stereocenters. The van der Waals surface area contributed by atoms with Crippen molar-refractivity contribution in [2.24, 2.45) is 0 Å². The third-order valence-electron chi connectivity index (χ3n) is 4.77. The van der Waals surface area contributed by atoms with Crippen molar-refractivity contribution in [1.29, 1.82) is 0 Å². The largest absolute Gasteiger partial charge is 0.491 e. The van der Waals surface area contributed by atoms with E-state index in [-0.39, 0.29) is 12.0 Å². The molecule has 0 bridgehead atoms. The number of anilines is 1.